The first-order valence-corrected chi connectivity index (χ1v) is 8.23. The van der Waals surface area contributed by atoms with Crippen LogP contribution in [0.25, 0.3) is 0 Å². The fraction of sp³-hybridized carbons (Fsp3) is 0.263. The van der Waals surface area contributed by atoms with Crippen LogP contribution in [0.2, 0.25) is 0 Å². The largest absolute Gasteiger partial charge is 0.497 e. The van der Waals surface area contributed by atoms with Gasteiger partial charge in [0.25, 0.3) is 0 Å². The predicted octanol–water partition coefficient (Wildman–Crippen LogP) is 3.71. The number of rotatable bonds is 4. The number of anilines is 2. The summed E-state index contributed by atoms with van der Waals surface area (Å²) in [4.78, 5) is 26.3. The third-order valence-electron chi connectivity index (χ3n) is 4.39. The Labute approximate surface area is 153 Å². The summed E-state index contributed by atoms with van der Waals surface area (Å²) in [5, 5.41) is 2.68. The van der Waals surface area contributed by atoms with Gasteiger partial charge in [-0.25, -0.2) is 0 Å². The summed E-state index contributed by atoms with van der Waals surface area (Å²) in [7, 11) is 1.53. The molecule has 2 amide bonds. The molecule has 0 spiro atoms. The number of hydrogen-bond donors (Lipinski definition) is 1. The fourth-order valence-corrected chi connectivity index (χ4v) is 2.91. The predicted molar refractivity (Wildman–Crippen MR) is 93.5 cm³/mol. The molecular weight excluding hydrogens is 361 g/mol. The highest BCUT2D eigenvalue weighted by molar-refractivity contribution is 6.13. The number of hydrogen-bond acceptors (Lipinski definition) is 3. The summed E-state index contributed by atoms with van der Waals surface area (Å²) in [6, 6.07) is 11.0. The molecule has 0 aliphatic carbocycles. The summed E-state index contributed by atoms with van der Waals surface area (Å²) in [5.74, 6) is -1.12. The van der Waals surface area contributed by atoms with E-state index in [0.717, 1.165) is 12.1 Å². The molecule has 1 heterocycles. The molecule has 8 heteroatoms. The van der Waals surface area contributed by atoms with Gasteiger partial charge in [-0.1, -0.05) is 0 Å². The maximum Gasteiger partial charge on any atom is 0.416 e. The van der Waals surface area contributed by atoms with Gasteiger partial charge in [0.15, 0.2) is 0 Å². The molecule has 2 aromatic carbocycles. The number of nitrogens with zero attached hydrogens (tertiary/aromatic N) is 1. The van der Waals surface area contributed by atoms with E-state index in [0.29, 0.717) is 23.5 Å². The van der Waals surface area contributed by atoms with Gasteiger partial charge in [-0.2, -0.15) is 13.2 Å². The van der Waals surface area contributed by atoms with Crippen molar-refractivity contribution in [3.63, 3.8) is 0 Å². The number of methoxy groups -OCH3 is 1. The second-order valence-electron chi connectivity index (χ2n) is 6.09. The number of amides is 2. The lowest BCUT2D eigenvalue weighted by atomic mass is 10.1. The number of nitrogens with one attached hydrogen (secondary N) is 1. The zero-order valence-corrected chi connectivity index (χ0v) is 14.4. The van der Waals surface area contributed by atoms with E-state index in [9.17, 15) is 22.8 Å². The third kappa shape index (κ3) is 4.05. The van der Waals surface area contributed by atoms with Crippen LogP contribution in [0.15, 0.2) is 48.5 Å². The molecule has 0 aromatic heterocycles. The average Bonchev–Trinajstić information content (AvgIpc) is 3.03. The monoisotopic (exact) mass is 378 g/mol. The van der Waals surface area contributed by atoms with Crippen molar-refractivity contribution >= 4 is 23.2 Å². The molecule has 5 nitrogen and oxygen atoms in total. The molecule has 1 atom stereocenters. The molecule has 27 heavy (non-hydrogen) atoms. The van der Waals surface area contributed by atoms with E-state index >= 15 is 0 Å². The lowest BCUT2D eigenvalue weighted by Gasteiger charge is -2.17. The molecule has 1 fully saturated rings. The summed E-state index contributed by atoms with van der Waals surface area (Å²) in [6.45, 7) is 0.269. The summed E-state index contributed by atoms with van der Waals surface area (Å²) in [6.07, 6.45) is -4.14. The molecule has 1 aliphatic rings. The van der Waals surface area contributed by atoms with Crippen LogP contribution in [0.4, 0.5) is 24.5 Å². The molecule has 1 aliphatic heterocycles. The average molecular weight is 378 g/mol. The quantitative estimate of drug-likeness (QED) is 0.826. The second-order valence-corrected chi connectivity index (χ2v) is 6.09. The van der Waals surface area contributed by atoms with Gasteiger partial charge < -0.3 is 15.0 Å². The molecule has 1 N–H and O–H groups in total. The third-order valence-corrected chi connectivity index (χ3v) is 4.39. The minimum absolute atomic E-state index is 0.269. The van der Waals surface area contributed by atoms with Crippen molar-refractivity contribution < 1.29 is 27.5 Å². The van der Waals surface area contributed by atoms with Gasteiger partial charge in [0, 0.05) is 17.9 Å². The van der Waals surface area contributed by atoms with E-state index in [1.165, 1.54) is 24.1 Å². The van der Waals surface area contributed by atoms with Crippen molar-refractivity contribution in [1.29, 1.82) is 0 Å². The van der Waals surface area contributed by atoms with Crippen molar-refractivity contribution in [1.82, 2.24) is 0 Å². The van der Waals surface area contributed by atoms with Crippen LogP contribution in [0.1, 0.15) is 12.0 Å². The van der Waals surface area contributed by atoms with Gasteiger partial charge in [0.1, 0.15) is 11.7 Å². The molecule has 0 bridgehead atoms. The maximum absolute atomic E-state index is 12.7. The van der Waals surface area contributed by atoms with Crippen LogP contribution >= 0.6 is 0 Å². The molecule has 1 saturated heterocycles. The Kier molecular flexibility index (Phi) is 5.07. The first-order valence-electron chi connectivity index (χ1n) is 8.23. The molecule has 0 saturated carbocycles. The first kappa shape index (κ1) is 18.8. The van der Waals surface area contributed by atoms with Crippen LogP contribution in [0, 0.1) is 5.92 Å². The summed E-state index contributed by atoms with van der Waals surface area (Å²) >= 11 is 0. The minimum Gasteiger partial charge on any atom is -0.497 e. The van der Waals surface area contributed by atoms with Crippen LogP contribution in [0.5, 0.6) is 5.75 Å². The Bertz CT molecular complexity index is 833. The Balaban J connectivity index is 1.67. The van der Waals surface area contributed by atoms with E-state index < -0.39 is 29.5 Å². The van der Waals surface area contributed by atoms with Crippen LogP contribution in [-0.2, 0) is 15.8 Å². The number of ether oxygens (including phenoxy) is 1. The van der Waals surface area contributed by atoms with E-state index in [2.05, 4.69) is 5.32 Å². The minimum atomic E-state index is -4.44. The smallest absolute Gasteiger partial charge is 0.416 e. The van der Waals surface area contributed by atoms with Crippen molar-refractivity contribution in [3.8, 4) is 5.75 Å². The van der Waals surface area contributed by atoms with Gasteiger partial charge in [0.2, 0.25) is 11.8 Å². The lowest BCUT2D eigenvalue weighted by Crippen LogP contribution is -2.33. The Morgan fingerprint density at radius 2 is 1.74 bits per heavy atom. The molecule has 2 aromatic rings. The van der Waals surface area contributed by atoms with Gasteiger partial charge in [-0.3, -0.25) is 9.59 Å². The highest BCUT2D eigenvalue weighted by atomic mass is 19.4. The first-order chi connectivity index (χ1) is 12.8. The SMILES string of the molecule is COc1ccc(NC(=O)C2CCN(c3ccc(C(F)(F)F)cc3)C2=O)cc1. The zero-order valence-electron chi connectivity index (χ0n) is 14.4. The van der Waals surface area contributed by atoms with Gasteiger partial charge in [-0.05, 0) is 55.0 Å². The number of alkyl halides is 3. The Morgan fingerprint density at radius 1 is 1.11 bits per heavy atom. The summed E-state index contributed by atoms with van der Waals surface area (Å²) in [5.41, 5.74) is 0.0843. The van der Waals surface area contributed by atoms with Crippen molar-refractivity contribution in [2.24, 2.45) is 5.92 Å². The normalized spacial score (nSPS) is 17.1. The molecule has 3 rings (SSSR count). The van der Waals surface area contributed by atoms with Crippen molar-refractivity contribution in [2.75, 3.05) is 23.9 Å². The van der Waals surface area contributed by atoms with E-state index in [-0.39, 0.29) is 6.54 Å². The van der Waals surface area contributed by atoms with Crippen LogP contribution < -0.4 is 15.0 Å². The highest BCUT2D eigenvalue weighted by Crippen LogP contribution is 2.32. The topological polar surface area (TPSA) is 58.6 Å². The number of halogens is 3. The Hall–Kier alpha value is -3.03. The van der Waals surface area contributed by atoms with E-state index in [1.807, 2.05) is 0 Å². The van der Waals surface area contributed by atoms with Crippen molar-refractivity contribution in [2.45, 2.75) is 12.6 Å². The van der Waals surface area contributed by atoms with Crippen LogP contribution in [-0.4, -0.2) is 25.5 Å². The zero-order chi connectivity index (χ0) is 19.6. The van der Waals surface area contributed by atoms with E-state index in [4.69, 9.17) is 4.74 Å². The van der Waals surface area contributed by atoms with Gasteiger partial charge >= 0.3 is 6.18 Å². The van der Waals surface area contributed by atoms with E-state index in [1.54, 1.807) is 24.3 Å². The lowest BCUT2D eigenvalue weighted by molar-refractivity contribution is -0.137. The van der Waals surface area contributed by atoms with Crippen molar-refractivity contribution in [3.05, 3.63) is 54.1 Å². The molecule has 0 radical (unpaired) electrons. The highest BCUT2D eigenvalue weighted by Gasteiger charge is 2.38. The number of carbonyl (C=O) groups excluding carboxylic acids is 2. The van der Waals surface area contributed by atoms with Gasteiger partial charge in [0.05, 0.1) is 12.7 Å². The number of carbonyl (C=O) groups is 2. The molecule has 1 unspecified atom stereocenters. The number of benzene rings is 2. The van der Waals surface area contributed by atoms with Gasteiger partial charge in [-0.15, -0.1) is 0 Å². The standard InChI is InChI=1S/C19H17F3N2O3/c1-27-15-8-4-13(5-9-15)23-17(25)16-10-11-24(18(16)26)14-6-2-12(3-7-14)19(20,21)22/h2-9,16H,10-11H2,1H3,(H,23,25). The molecular formula is C19H17F3N2O3. The fourth-order valence-electron chi connectivity index (χ4n) is 2.91. The Morgan fingerprint density at radius 3 is 2.30 bits per heavy atom. The van der Waals surface area contributed by atoms with Crippen LogP contribution in [0.3, 0.4) is 0 Å². The second kappa shape index (κ2) is 7.30. The maximum atomic E-state index is 12.7. The summed E-state index contributed by atoms with van der Waals surface area (Å²) < 4.78 is 43.0. The molecule has 142 valence electrons.